The van der Waals surface area contributed by atoms with Gasteiger partial charge in [0.05, 0.1) is 13.2 Å². The number of rotatable bonds is 2. The van der Waals surface area contributed by atoms with Gasteiger partial charge in [-0.15, -0.1) is 0 Å². The van der Waals surface area contributed by atoms with Crippen LogP contribution in [-0.2, 0) is 9.59 Å². The molecule has 20 heavy (non-hydrogen) atoms. The standard InChI is InChI=1S/C15H18N2O3/c1-10-15(19)16-8-14(18)17(10)9-11-6-7-20-13-5-3-2-4-12(11)13/h2-5,10-11H,6-9H2,1H3,(H,16,19). The molecule has 0 aliphatic carbocycles. The summed E-state index contributed by atoms with van der Waals surface area (Å²) in [6.45, 7) is 3.11. The first-order valence-corrected chi connectivity index (χ1v) is 6.95. The Kier molecular flexibility index (Phi) is 3.34. The van der Waals surface area contributed by atoms with Gasteiger partial charge in [-0.3, -0.25) is 9.59 Å². The van der Waals surface area contributed by atoms with Crippen LogP contribution in [0.4, 0.5) is 0 Å². The molecule has 1 N–H and O–H groups in total. The van der Waals surface area contributed by atoms with E-state index in [1.165, 1.54) is 0 Å². The number of ether oxygens (including phenoxy) is 1. The fourth-order valence-corrected chi connectivity index (χ4v) is 2.87. The van der Waals surface area contributed by atoms with E-state index in [9.17, 15) is 9.59 Å². The van der Waals surface area contributed by atoms with Gasteiger partial charge in [-0.2, -0.15) is 0 Å². The average molecular weight is 274 g/mol. The van der Waals surface area contributed by atoms with Crippen molar-refractivity contribution >= 4 is 11.8 Å². The van der Waals surface area contributed by atoms with Crippen molar-refractivity contribution in [1.82, 2.24) is 10.2 Å². The zero-order valence-corrected chi connectivity index (χ0v) is 11.5. The SMILES string of the molecule is CC1C(=O)NCC(=O)N1CC1CCOc2ccccc21. The van der Waals surface area contributed by atoms with Crippen molar-refractivity contribution < 1.29 is 14.3 Å². The monoisotopic (exact) mass is 274 g/mol. The molecule has 1 fully saturated rings. The van der Waals surface area contributed by atoms with Crippen molar-refractivity contribution in [3.05, 3.63) is 29.8 Å². The third kappa shape index (κ3) is 2.24. The van der Waals surface area contributed by atoms with Crippen LogP contribution in [0.15, 0.2) is 24.3 Å². The molecule has 5 heteroatoms. The molecule has 2 heterocycles. The average Bonchev–Trinajstić information content (AvgIpc) is 2.48. The maximum absolute atomic E-state index is 12.0. The van der Waals surface area contributed by atoms with E-state index in [1.54, 1.807) is 11.8 Å². The van der Waals surface area contributed by atoms with Crippen LogP contribution in [-0.4, -0.2) is 42.5 Å². The molecule has 106 valence electrons. The zero-order valence-electron chi connectivity index (χ0n) is 11.5. The minimum absolute atomic E-state index is 0.0129. The zero-order chi connectivity index (χ0) is 14.1. The van der Waals surface area contributed by atoms with Gasteiger partial charge < -0.3 is 15.0 Å². The molecular formula is C15H18N2O3. The number of fused-ring (bicyclic) bond motifs is 1. The van der Waals surface area contributed by atoms with Gasteiger partial charge >= 0.3 is 0 Å². The largest absolute Gasteiger partial charge is 0.493 e. The topological polar surface area (TPSA) is 58.6 Å². The summed E-state index contributed by atoms with van der Waals surface area (Å²) in [5.74, 6) is 1.04. The molecule has 2 unspecified atom stereocenters. The lowest BCUT2D eigenvalue weighted by Gasteiger charge is -2.37. The number of nitrogens with zero attached hydrogens (tertiary/aromatic N) is 1. The lowest BCUT2D eigenvalue weighted by molar-refractivity contribution is -0.145. The smallest absolute Gasteiger partial charge is 0.242 e. The predicted molar refractivity (Wildman–Crippen MR) is 73.5 cm³/mol. The maximum Gasteiger partial charge on any atom is 0.242 e. The van der Waals surface area contributed by atoms with Crippen LogP contribution in [0.2, 0.25) is 0 Å². The highest BCUT2D eigenvalue weighted by molar-refractivity contribution is 5.94. The van der Waals surface area contributed by atoms with Crippen molar-refractivity contribution in [3.8, 4) is 5.75 Å². The van der Waals surface area contributed by atoms with E-state index in [2.05, 4.69) is 5.32 Å². The highest BCUT2D eigenvalue weighted by Gasteiger charge is 2.34. The van der Waals surface area contributed by atoms with E-state index in [1.807, 2.05) is 24.3 Å². The molecular weight excluding hydrogens is 256 g/mol. The first kappa shape index (κ1) is 13.0. The molecule has 1 aromatic carbocycles. The normalized spacial score (nSPS) is 25.8. The summed E-state index contributed by atoms with van der Waals surface area (Å²) in [6, 6.07) is 7.53. The summed E-state index contributed by atoms with van der Waals surface area (Å²) in [5.41, 5.74) is 1.13. The molecule has 0 aromatic heterocycles. The van der Waals surface area contributed by atoms with E-state index >= 15 is 0 Å². The Labute approximate surface area is 117 Å². The number of para-hydroxylation sites is 1. The Morgan fingerprint density at radius 1 is 1.35 bits per heavy atom. The van der Waals surface area contributed by atoms with Crippen molar-refractivity contribution in [1.29, 1.82) is 0 Å². The summed E-state index contributed by atoms with van der Waals surface area (Å²) in [6.07, 6.45) is 0.870. The quantitative estimate of drug-likeness (QED) is 0.871. The minimum Gasteiger partial charge on any atom is -0.493 e. The van der Waals surface area contributed by atoms with Crippen molar-refractivity contribution in [2.75, 3.05) is 19.7 Å². The van der Waals surface area contributed by atoms with Gasteiger partial charge in [-0.05, 0) is 25.0 Å². The summed E-state index contributed by atoms with van der Waals surface area (Å²) in [5, 5.41) is 2.61. The van der Waals surface area contributed by atoms with Gasteiger partial charge in [-0.25, -0.2) is 0 Å². The Morgan fingerprint density at radius 3 is 3.00 bits per heavy atom. The van der Waals surface area contributed by atoms with Gasteiger partial charge in [0.2, 0.25) is 11.8 Å². The van der Waals surface area contributed by atoms with E-state index in [0.29, 0.717) is 13.2 Å². The number of carbonyl (C=O) groups excluding carboxylic acids is 2. The van der Waals surface area contributed by atoms with E-state index in [0.717, 1.165) is 17.7 Å². The first-order chi connectivity index (χ1) is 9.66. The molecule has 2 atom stereocenters. The molecule has 0 radical (unpaired) electrons. The molecule has 2 amide bonds. The highest BCUT2D eigenvalue weighted by Crippen LogP contribution is 2.34. The van der Waals surface area contributed by atoms with Crippen LogP contribution >= 0.6 is 0 Å². The molecule has 2 aliphatic heterocycles. The first-order valence-electron chi connectivity index (χ1n) is 6.95. The third-order valence-corrected chi connectivity index (χ3v) is 4.08. The van der Waals surface area contributed by atoms with Crippen LogP contribution in [0.3, 0.4) is 0 Å². The predicted octanol–water partition coefficient (Wildman–Crippen LogP) is 0.900. The number of hydrogen-bond donors (Lipinski definition) is 1. The van der Waals surface area contributed by atoms with Gasteiger partial charge in [0, 0.05) is 12.5 Å². The minimum atomic E-state index is -0.397. The number of nitrogens with one attached hydrogen (secondary N) is 1. The van der Waals surface area contributed by atoms with Crippen molar-refractivity contribution in [3.63, 3.8) is 0 Å². The number of amides is 2. The summed E-state index contributed by atoms with van der Waals surface area (Å²) in [7, 11) is 0. The fraction of sp³-hybridized carbons (Fsp3) is 0.467. The molecule has 2 aliphatic rings. The van der Waals surface area contributed by atoms with Gasteiger partial charge in [0.1, 0.15) is 11.8 Å². The number of hydrogen-bond acceptors (Lipinski definition) is 3. The third-order valence-electron chi connectivity index (χ3n) is 4.08. The van der Waals surface area contributed by atoms with Crippen LogP contribution < -0.4 is 10.1 Å². The Bertz CT molecular complexity index is 544. The fourth-order valence-electron chi connectivity index (χ4n) is 2.87. The number of benzene rings is 1. The number of carbonyl (C=O) groups is 2. The lowest BCUT2D eigenvalue weighted by Crippen LogP contribution is -2.58. The van der Waals surface area contributed by atoms with E-state index < -0.39 is 6.04 Å². The van der Waals surface area contributed by atoms with Gasteiger partial charge in [0.15, 0.2) is 0 Å². The van der Waals surface area contributed by atoms with Gasteiger partial charge in [-0.1, -0.05) is 18.2 Å². The van der Waals surface area contributed by atoms with Crippen molar-refractivity contribution in [2.24, 2.45) is 0 Å². The van der Waals surface area contributed by atoms with Crippen LogP contribution in [0.5, 0.6) is 5.75 Å². The molecule has 1 saturated heterocycles. The van der Waals surface area contributed by atoms with E-state index in [4.69, 9.17) is 4.74 Å². The summed E-state index contributed by atoms with van der Waals surface area (Å²) >= 11 is 0. The molecule has 0 bridgehead atoms. The molecule has 0 saturated carbocycles. The molecule has 0 spiro atoms. The Hall–Kier alpha value is -2.04. The second kappa shape index (κ2) is 5.15. The molecule has 5 nitrogen and oxygen atoms in total. The van der Waals surface area contributed by atoms with E-state index in [-0.39, 0.29) is 24.3 Å². The van der Waals surface area contributed by atoms with Crippen LogP contribution in [0, 0.1) is 0 Å². The molecule has 3 rings (SSSR count). The Balaban J connectivity index is 1.81. The summed E-state index contributed by atoms with van der Waals surface area (Å²) < 4.78 is 5.63. The van der Waals surface area contributed by atoms with Crippen LogP contribution in [0.25, 0.3) is 0 Å². The molecule has 1 aromatic rings. The second-order valence-electron chi connectivity index (χ2n) is 5.31. The summed E-state index contributed by atoms with van der Waals surface area (Å²) in [4.78, 5) is 25.4. The van der Waals surface area contributed by atoms with Crippen molar-refractivity contribution in [2.45, 2.75) is 25.3 Å². The van der Waals surface area contributed by atoms with Crippen LogP contribution in [0.1, 0.15) is 24.8 Å². The van der Waals surface area contributed by atoms with Gasteiger partial charge in [0.25, 0.3) is 0 Å². The second-order valence-corrected chi connectivity index (χ2v) is 5.31. The lowest BCUT2D eigenvalue weighted by atomic mass is 9.92. The maximum atomic E-state index is 12.0. The Morgan fingerprint density at radius 2 is 2.15 bits per heavy atom. The highest BCUT2D eigenvalue weighted by atomic mass is 16.5. The number of piperazine rings is 1.